The quantitative estimate of drug-likeness (QED) is 0.668. The van der Waals surface area contributed by atoms with Crippen LogP contribution in [0.5, 0.6) is 11.5 Å². The average Bonchev–Trinajstić information content (AvgIpc) is 2.61. The largest absolute Gasteiger partial charge is 0.496 e. The lowest BCUT2D eigenvalue weighted by molar-refractivity contribution is 0.396. The fourth-order valence-electron chi connectivity index (χ4n) is 3.72. The first-order valence-corrected chi connectivity index (χ1v) is 9.09. The number of hydrogen-bond acceptors (Lipinski definition) is 2. The van der Waals surface area contributed by atoms with Gasteiger partial charge in [-0.2, -0.15) is 0 Å². The third-order valence-electron chi connectivity index (χ3n) is 5.83. The van der Waals surface area contributed by atoms with Crippen LogP contribution < -0.4 is 9.47 Å². The lowest BCUT2D eigenvalue weighted by Crippen LogP contribution is -2.04. The average molecular weight is 341 g/mol. The third kappa shape index (κ3) is 3.84. The molecule has 0 saturated carbocycles. The summed E-state index contributed by atoms with van der Waals surface area (Å²) in [5.41, 5.74) is 11.1. The van der Waals surface area contributed by atoms with Crippen molar-refractivity contribution in [2.75, 3.05) is 14.2 Å². The first-order chi connectivity index (χ1) is 11.8. The number of aryl methyl sites for hydroxylation is 2. The van der Waals surface area contributed by atoms with Crippen LogP contribution in [0.1, 0.15) is 50.9 Å². The molecule has 0 radical (unpaired) electrons. The Morgan fingerprint density at radius 3 is 1.68 bits per heavy atom. The summed E-state index contributed by atoms with van der Waals surface area (Å²) in [5.74, 6) is 1.90. The molecule has 0 amide bonds. The van der Waals surface area contributed by atoms with Gasteiger partial charge in [0.25, 0.3) is 0 Å². The van der Waals surface area contributed by atoms with Crippen molar-refractivity contribution in [1.29, 1.82) is 0 Å². The third-order valence-corrected chi connectivity index (χ3v) is 5.83. The molecule has 0 heterocycles. The van der Waals surface area contributed by atoms with Crippen LogP contribution in [-0.2, 0) is 12.8 Å². The molecule has 0 atom stereocenters. The molecule has 2 nitrogen and oxygen atoms in total. The molecular weight excluding hydrogens is 308 g/mol. The first-order valence-electron chi connectivity index (χ1n) is 9.09. The van der Waals surface area contributed by atoms with Crippen LogP contribution in [0.4, 0.5) is 0 Å². The Morgan fingerprint density at radius 2 is 1.16 bits per heavy atom. The number of hydrogen-bond donors (Lipinski definition) is 0. The Morgan fingerprint density at radius 1 is 0.640 bits per heavy atom. The van der Waals surface area contributed by atoms with E-state index >= 15 is 0 Å². The Labute approximate surface area is 153 Å². The van der Waals surface area contributed by atoms with Gasteiger partial charge in [0.1, 0.15) is 11.5 Å². The van der Waals surface area contributed by atoms with Crippen LogP contribution >= 0.6 is 0 Å². The zero-order chi connectivity index (χ0) is 18.7. The van der Waals surface area contributed by atoms with Crippen LogP contribution in [0.15, 0.2) is 12.1 Å². The summed E-state index contributed by atoms with van der Waals surface area (Å²) >= 11 is 0. The molecule has 0 aliphatic heterocycles. The minimum absolute atomic E-state index is 0.935. The van der Waals surface area contributed by atoms with Crippen LogP contribution in [0.3, 0.4) is 0 Å². The summed E-state index contributed by atoms with van der Waals surface area (Å²) in [6.45, 7) is 13.3. The number of rotatable bonds is 6. The Bertz CT molecular complexity index is 743. The molecule has 0 aliphatic carbocycles. The van der Waals surface area contributed by atoms with E-state index in [1.165, 1.54) is 38.9 Å². The molecule has 0 unspecified atom stereocenters. The van der Waals surface area contributed by atoms with Crippen molar-refractivity contribution in [3.63, 3.8) is 0 Å². The van der Waals surface area contributed by atoms with Gasteiger partial charge in [-0.15, -0.1) is 0 Å². The molecule has 0 bridgehead atoms. The maximum atomic E-state index is 5.57. The van der Waals surface area contributed by atoms with Crippen LogP contribution in [0.25, 0.3) is 0 Å². The monoisotopic (exact) mass is 340 g/mol. The van der Waals surface area contributed by atoms with E-state index in [9.17, 15) is 0 Å². The zero-order valence-corrected chi connectivity index (χ0v) is 17.1. The van der Waals surface area contributed by atoms with Crippen LogP contribution in [-0.4, -0.2) is 14.2 Å². The summed E-state index contributed by atoms with van der Waals surface area (Å²) in [7, 11) is 3.47. The summed E-state index contributed by atoms with van der Waals surface area (Å²) in [6, 6.07) is 4.20. The molecule has 2 heteroatoms. The van der Waals surface area contributed by atoms with E-state index < -0.39 is 0 Å². The number of methoxy groups -OCH3 is 2. The molecule has 0 aromatic heterocycles. The fourth-order valence-corrected chi connectivity index (χ4v) is 3.72. The highest BCUT2D eigenvalue weighted by Gasteiger charge is 2.13. The molecule has 2 aromatic rings. The van der Waals surface area contributed by atoms with E-state index in [1.807, 2.05) is 0 Å². The molecule has 0 N–H and O–H groups in total. The summed E-state index contributed by atoms with van der Waals surface area (Å²) in [5, 5.41) is 0. The molecule has 0 aliphatic rings. The van der Waals surface area contributed by atoms with Gasteiger partial charge in [0.05, 0.1) is 14.2 Å². The SMILES string of the molecule is COc1cc(CCCc2c(C)c(C)c(C)c(C)c2C)c(OC)cc1C. The van der Waals surface area contributed by atoms with E-state index in [0.717, 1.165) is 36.3 Å². The fraction of sp³-hybridized carbons (Fsp3) is 0.478. The first kappa shape index (κ1) is 19.4. The molecule has 0 fully saturated rings. The number of ether oxygens (including phenoxy) is 2. The second-order valence-electron chi connectivity index (χ2n) is 7.09. The Hall–Kier alpha value is -1.96. The number of benzene rings is 2. The highest BCUT2D eigenvalue weighted by molar-refractivity contribution is 5.50. The van der Waals surface area contributed by atoms with Crippen molar-refractivity contribution >= 4 is 0 Å². The zero-order valence-electron chi connectivity index (χ0n) is 17.1. The Kier molecular flexibility index (Phi) is 6.16. The van der Waals surface area contributed by atoms with Gasteiger partial charge in [-0.05, 0) is 117 Å². The summed E-state index contributed by atoms with van der Waals surface area (Å²) in [6.07, 6.45) is 3.19. The maximum Gasteiger partial charge on any atom is 0.122 e. The van der Waals surface area contributed by atoms with E-state index in [-0.39, 0.29) is 0 Å². The molecular formula is C23H32O2. The van der Waals surface area contributed by atoms with Gasteiger partial charge in [0.2, 0.25) is 0 Å². The minimum Gasteiger partial charge on any atom is -0.496 e. The van der Waals surface area contributed by atoms with Gasteiger partial charge < -0.3 is 9.47 Å². The van der Waals surface area contributed by atoms with Crippen molar-refractivity contribution in [1.82, 2.24) is 0 Å². The van der Waals surface area contributed by atoms with Crippen LogP contribution in [0.2, 0.25) is 0 Å². The summed E-state index contributed by atoms with van der Waals surface area (Å²) < 4.78 is 11.1. The van der Waals surface area contributed by atoms with Crippen molar-refractivity contribution in [3.05, 3.63) is 56.6 Å². The highest BCUT2D eigenvalue weighted by atomic mass is 16.5. The van der Waals surface area contributed by atoms with E-state index in [1.54, 1.807) is 14.2 Å². The highest BCUT2D eigenvalue weighted by Crippen LogP contribution is 2.31. The minimum atomic E-state index is 0.935. The van der Waals surface area contributed by atoms with Gasteiger partial charge in [-0.1, -0.05) is 0 Å². The van der Waals surface area contributed by atoms with Crippen molar-refractivity contribution in [2.45, 2.75) is 60.8 Å². The molecule has 0 saturated heterocycles. The second-order valence-corrected chi connectivity index (χ2v) is 7.09. The van der Waals surface area contributed by atoms with E-state index in [2.05, 4.69) is 53.7 Å². The van der Waals surface area contributed by atoms with Gasteiger partial charge in [0.15, 0.2) is 0 Å². The van der Waals surface area contributed by atoms with Crippen molar-refractivity contribution in [2.24, 2.45) is 0 Å². The van der Waals surface area contributed by atoms with E-state index in [0.29, 0.717) is 0 Å². The lowest BCUT2D eigenvalue weighted by atomic mass is 9.87. The van der Waals surface area contributed by atoms with Gasteiger partial charge in [0, 0.05) is 0 Å². The van der Waals surface area contributed by atoms with Gasteiger partial charge in [-0.3, -0.25) is 0 Å². The standard InChI is InChI=1S/C23H32O2/c1-14-12-23(25-8)20(13-22(14)24-7)10-9-11-21-18(5)16(3)15(2)17(4)19(21)6/h12-13H,9-11H2,1-8H3. The van der Waals surface area contributed by atoms with Crippen molar-refractivity contribution < 1.29 is 9.47 Å². The lowest BCUT2D eigenvalue weighted by Gasteiger charge is -2.19. The molecule has 136 valence electrons. The topological polar surface area (TPSA) is 18.5 Å². The van der Waals surface area contributed by atoms with Crippen molar-refractivity contribution in [3.8, 4) is 11.5 Å². The van der Waals surface area contributed by atoms with Crippen LogP contribution in [0, 0.1) is 41.5 Å². The predicted octanol–water partition coefficient (Wildman–Crippen LogP) is 5.73. The smallest absolute Gasteiger partial charge is 0.122 e. The molecule has 2 rings (SSSR count). The molecule has 25 heavy (non-hydrogen) atoms. The normalized spacial score (nSPS) is 10.9. The maximum absolute atomic E-state index is 5.57. The predicted molar refractivity (Wildman–Crippen MR) is 106 cm³/mol. The van der Waals surface area contributed by atoms with Gasteiger partial charge in [-0.25, -0.2) is 0 Å². The molecule has 2 aromatic carbocycles. The second kappa shape index (κ2) is 7.95. The Balaban J connectivity index is 2.22. The van der Waals surface area contributed by atoms with E-state index in [4.69, 9.17) is 9.47 Å². The van der Waals surface area contributed by atoms with Gasteiger partial charge >= 0.3 is 0 Å². The molecule has 0 spiro atoms. The summed E-state index contributed by atoms with van der Waals surface area (Å²) in [4.78, 5) is 0.